The van der Waals surface area contributed by atoms with E-state index in [9.17, 15) is 14.4 Å². The Balaban J connectivity index is 1.51. The topological polar surface area (TPSA) is 69.7 Å². The molecule has 0 radical (unpaired) electrons. The summed E-state index contributed by atoms with van der Waals surface area (Å²) in [6.07, 6.45) is 4.97. The van der Waals surface area contributed by atoms with Crippen LogP contribution in [0.5, 0.6) is 0 Å². The largest absolute Gasteiger partial charge is 0.334 e. The maximum Gasteiger partial charge on any atom is 0.325 e. The molecule has 2 fully saturated rings. The molecule has 164 valence electrons. The van der Waals surface area contributed by atoms with Crippen LogP contribution in [0.1, 0.15) is 49.5 Å². The molecule has 1 aliphatic heterocycles. The monoisotopic (exact) mass is 439 g/mol. The number of hydrogen-bond donors (Lipinski definition) is 1. The second-order valence-corrected chi connectivity index (χ2v) is 9.64. The van der Waals surface area contributed by atoms with Crippen LogP contribution in [0.3, 0.4) is 0 Å². The minimum atomic E-state index is -0.803. The minimum Gasteiger partial charge on any atom is -0.334 e. The predicted octanol–water partition coefficient (Wildman–Crippen LogP) is 3.96. The van der Waals surface area contributed by atoms with E-state index in [0.29, 0.717) is 19.4 Å². The van der Waals surface area contributed by atoms with Gasteiger partial charge in [-0.25, -0.2) is 4.79 Å². The SMILES string of the molecule is C[C@@H](Cc1cccs1)N(Cc1ccccc1)C(=O)CN1C(=O)NC2(CCCCC2)C1=O. The molecule has 2 heterocycles. The summed E-state index contributed by atoms with van der Waals surface area (Å²) < 4.78 is 0. The van der Waals surface area contributed by atoms with Gasteiger partial charge in [-0.3, -0.25) is 14.5 Å². The molecule has 6 nitrogen and oxygen atoms in total. The zero-order valence-corrected chi connectivity index (χ0v) is 18.7. The maximum atomic E-state index is 13.4. The van der Waals surface area contributed by atoms with Crippen LogP contribution in [0.4, 0.5) is 4.79 Å². The van der Waals surface area contributed by atoms with Gasteiger partial charge in [-0.15, -0.1) is 11.3 Å². The number of benzene rings is 1. The fourth-order valence-electron chi connectivity index (χ4n) is 4.64. The van der Waals surface area contributed by atoms with Crippen molar-refractivity contribution in [1.82, 2.24) is 15.1 Å². The molecule has 4 rings (SSSR count). The molecule has 1 spiro atoms. The van der Waals surface area contributed by atoms with Gasteiger partial charge < -0.3 is 10.2 Å². The zero-order valence-electron chi connectivity index (χ0n) is 17.9. The van der Waals surface area contributed by atoms with Crippen molar-refractivity contribution in [2.45, 2.75) is 63.6 Å². The minimum absolute atomic E-state index is 0.0595. The fraction of sp³-hybridized carbons (Fsp3) is 0.458. The first-order valence-corrected chi connectivity index (χ1v) is 11.9. The Labute approximate surface area is 187 Å². The average Bonchev–Trinajstić information content (AvgIpc) is 3.36. The number of rotatable bonds is 7. The van der Waals surface area contributed by atoms with Gasteiger partial charge in [-0.05, 0) is 36.8 Å². The van der Waals surface area contributed by atoms with E-state index >= 15 is 0 Å². The average molecular weight is 440 g/mol. The molecule has 0 unspecified atom stereocenters. The van der Waals surface area contributed by atoms with Gasteiger partial charge in [0.1, 0.15) is 12.1 Å². The second-order valence-electron chi connectivity index (χ2n) is 8.60. The van der Waals surface area contributed by atoms with Gasteiger partial charge >= 0.3 is 6.03 Å². The van der Waals surface area contributed by atoms with Gasteiger partial charge in [0.25, 0.3) is 5.91 Å². The summed E-state index contributed by atoms with van der Waals surface area (Å²) in [7, 11) is 0. The van der Waals surface area contributed by atoms with Crippen molar-refractivity contribution >= 4 is 29.2 Å². The first-order valence-electron chi connectivity index (χ1n) is 11.0. The van der Waals surface area contributed by atoms with Crippen LogP contribution < -0.4 is 5.32 Å². The summed E-state index contributed by atoms with van der Waals surface area (Å²) in [6.45, 7) is 2.25. The van der Waals surface area contributed by atoms with E-state index in [0.717, 1.165) is 36.1 Å². The Hall–Kier alpha value is -2.67. The van der Waals surface area contributed by atoms with Crippen LogP contribution in [0.25, 0.3) is 0 Å². The van der Waals surface area contributed by atoms with Crippen molar-refractivity contribution in [2.75, 3.05) is 6.54 Å². The molecule has 2 aliphatic rings. The van der Waals surface area contributed by atoms with Crippen molar-refractivity contribution in [3.8, 4) is 0 Å². The number of urea groups is 1. The van der Waals surface area contributed by atoms with E-state index in [1.165, 1.54) is 4.88 Å². The summed E-state index contributed by atoms with van der Waals surface area (Å²) >= 11 is 1.67. The normalized spacial score (nSPS) is 18.8. The summed E-state index contributed by atoms with van der Waals surface area (Å²) in [5, 5.41) is 4.93. The van der Waals surface area contributed by atoms with Crippen molar-refractivity contribution in [1.29, 1.82) is 0 Å². The highest BCUT2D eigenvalue weighted by atomic mass is 32.1. The molecular weight excluding hydrogens is 410 g/mol. The molecule has 0 bridgehead atoms. The molecule has 2 aromatic rings. The number of carbonyl (C=O) groups excluding carboxylic acids is 3. The second kappa shape index (κ2) is 9.22. The third kappa shape index (κ3) is 4.66. The van der Waals surface area contributed by atoms with E-state index in [1.807, 2.05) is 48.7 Å². The van der Waals surface area contributed by atoms with E-state index in [-0.39, 0.29) is 24.4 Å². The van der Waals surface area contributed by atoms with Gasteiger partial charge in [-0.2, -0.15) is 0 Å². The number of amides is 4. The number of thiophene rings is 1. The molecule has 1 aliphatic carbocycles. The molecule has 1 saturated heterocycles. The highest BCUT2D eigenvalue weighted by Gasteiger charge is 2.51. The zero-order chi connectivity index (χ0) is 21.8. The van der Waals surface area contributed by atoms with Crippen LogP contribution in [0.2, 0.25) is 0 Å². The molecule has 7 heteroatoms. The molecule has 31 heavy (non-hydrogen) atoms. The number of imide groups is 1. The highest BCUT2D eigenvalue weighted by molar-refractivity contribution is 7.09. The van der Waals surface area contributed by atoms with Crippen molar-refractivity contribution in [3.05, 3.63) is 58.3 Å². The maximum absolute atomic E-state index is 13.4. The third-order valence-corrected chi connectivity index (χ3v) is 7.27. The van der Waals surface area contributed by atoms with Crippen molar-refractivity contribution in [3.63, 3.8) is 0 Å². The molecule has 1 saturated carbocycles. The Bertz CT molecular complexity index is 923. The summed E-state index contributed by atoms with van der Waals surface area (Å²) in [6, 6.07) is 13.4. The smallest absolute Gasteiger partial charge is 0.325 e. The van der Waals surface area contributed by atoms with Gasteiger partial charge in [0.15, 0.2) is 0 Å². The van der Waals surface area contributed by atoms with E-state index in [1.54, 1.807) is 16.2 Å². The van der Waals surface area contributed by atoms with Gasteiger partial charge in [0.2, 0.25) is 5.91 Å². The lowest BCUT2D eigenvalue weighted by molar-refractivity contribution is -0.141. The van der Waals surface area contributed by atoms with Crippen molar-refractivity contribution < 1.29 is 14.4 Å². The molecule has 1 aromatic heterocycles. The predicted molar refractivity (Wildman–Crippen MR) is 121 cm³/mol. The van der Waals surface area contributed by atoms with Crippen molar-refractivity contribution in [2.24, 2.45) is 0 Å². The van der Waals surface area contributed by atoms with Crippen LogP contribution in [0.15, 0.2) is 47.8 Å². The molecular formula is C24H29N3O3S. The van der Waals surface area contributed by atoms with Gasteiger partial charge in [0.05, 0.1) is 0 Å². The van der Waals surface area contributed by atoms with Gasteiger partial charge in [0, 0.05) is 23.9 Å². The number of nitrogens with zero attached hydrogens (tertiary/aromatic N) is 2. The van der Waals surface area contributed by atoms with Crippen LogP contribution in [-0.4, -0.2) is 45.8 Å². The Morgan fingerprint density at radius 3 is 2.55 bits per heavy atom. The lowest BCUT2D eigenvalue weighted by Gasteiger charge is -2.32. The molecule has 1 N–H and O–H groups in total. The lowest BCUT2D eigenvalue weighted by Crippen LogP contribution is -2.49. The Kier molecular flexibility index (Phi) is 6.41. The summed E-state index contributed by atoms with van der Waals surface area (Å²) in [5.74, 6) is -0.444. The third-order valence-electron chi connectivity index (χ3n) is 6.37. The lowest BCUT2D eigenvalue weighted by atomic mass is 9.82. The fourth-order valence-corrected chi connectivity index (χ4v) is 5.47. The number of hydrogen-bond acceptors (Lipinski definition) is 4. The number of nitrogens with one attached hydrogen (secondary N) is 1. The first kappa shape index (κ1) is 21.6. The van der Waals surface area contributed by atoms with E-state index in [2.05, 4.69) is 11.4 Å². The highest BCUT2D eigenvalue weighted by Crippen LogP contribution is 2.33. The van der Waals surface area contributed by atoms with Crippen LogP contribution in [-0.2, 0) is 22.6 Å². The number of carbonyl (C=O) groups is 3. The molecule has 1 atom stereocenters. The Morgan fingerprint density at radius 1 is 1.13 bits per heavy atom. The standard InChI is InChI=1S/C24H29N3O3S/c1-18(15-20-11-8-14-31-20)26(16-19-9-4-2-5-10-19)21(28)17-27-22(29)24(25-23(27)30)12-6-3-7-13-24/h2,4-5,8-11,14,18H,3,6-7,12-13,15-17H2,1H3,(H,25,30)/t18-/m0/s1. The quantitative estimate of drug-likeness (QED) is 0.664. The summed E-state index contributed by atoms with van der Waals surface area (Å²) in [4.78, 5) is 43.3. The molecule has 4 amide bonds. The van der Waals surface area contributed by atoms with E-state index in [4.69, 9.17) is 0 Å². The molecule has 1 aromatic carbocycles. The van der Waals surface area contributed by atoms with Crippen LogP contribution >= 0.6 is 11.3 Å². The van der Waals surface area contributed by atoms with Crippen LogP contribution in [0, 0.1) is 0 Å². The van der Waals surface area contributed by atoms with E-state index < -0.39 is 11.6 Å². The first-order chi connectivity index (χ1) is 15.0. The summed E-state index contributed by atoms with van der Waals surface area (Å²) in [5.41, 5.74) is 0.220. The Morgan fingerprint density at radius 2 is 1.87 bits per heavy atom. The van der Waals surface area contributed by atoms with Gasteiger partial charge in [-0.1, -0.05) is 55.7 Å².